The van der Waals surface area contributed by atoms with Gasteiger partial charge in [0.05, 0.1) is 17.8 Å². The van der Waals surface area contributed by atoms with E-state index in [4.69, 9.17) is 9.47 Å². The van der Waals surface area contributed by atoms with E-state index in [0.29, 0.717) is 5.75 Å². The minimum atomic E-state index is -4.22. The molecule has 0 aliphatic carbocycles. The van der Waals surface area contributed by atoms with Crippen molar-refractivity contribution in [1.82, 2.24) is 19.9 Å². The van der Waals surface area contributed by atoms with Crippen LogP contribution in [0.1, 0.15) is 20.8 Å². The maximum Gasteiger partial charge on any atom is 0.313 e. The summed E-state index contributed by atoms with van der Waals surface area (Å²) in [4.78, 5) is 29.2. The van der Waals surface area contributed by atoms with Crippen LogP contribution in [0.25, 0.3) is 11.6 Å². The Morgan fingerprint density at radius 2 is 1.55 bits per heavy atom. The summed E-state index contributed by atoms with van der Waals surface area (Å²) >= 11 is 0.852. The molecule has 1 N–H and O–H groups in total. The Bertz CT molecular complexity index is 1600. The summed E-state index contributed by atoms with van der Waals surface area (Å²) in [5.41, 5.74) is -1.06. The first-order chi connectivity index (χ1) is 19.0. The summed E-state index contributed by atoms with van der Waals surface area (Å²) in [7, 11) is -2.75. The van der Waals surface area contributed by atoms with Gasteiger partial charge in [0.25, 0.3) is 10.0 Å². The number of hydrogen-bond acceptors (Lipinski definition) is 10. The Morgan fingerprint density at radius 1 is 0.925 bits per heavy atom. The lowest BCUT2D eigenvalue weighted by Gasteiger charge is -2.36. The first-order valence-corrected chi connectivity index (χ1v) is 14.4. The van der Waals surface area contributed by atoms with Crippen molar-refractivity contribution in [2.24, 2.45) is 0 Å². The number of anilines is 1. The van der Waals surface area contributed by atoms with E-state index in [1.54, 1.807) is 69.3 Å². The average molecular weight is 582 g/mol. The molecule has 208 valence electrons. The Kier molecular flexibility index (Phi) is 8.55. The van der Waals surface area contributed by atoms with Gasteiger partial charge in [0.15, 0.2) is 23.1 Å². The van der Waals surface area contributed by atoms with E-state index in [1.165, 1.54) is 31.6 Å². The predicted octanol–water partition coefficient (Wildman–Crippen LogP) is 4.91. The van der Waals surface area contributed by atoms with E-state index in [-0.39, 0.29) is 44.6 Å². The minimum absolute atomic E-state index is 0.00613. The summed E-state index contributed by atoms with van der Waals surface area (Å²) in [5, 5.41) is 9.54. The summed E-state index contributed by atoms with van der Waals surface area (Å²) < 4.78 is 41.2. The van der Waals surface area contributed by atoms with Gasteiger partial charge in [-0.2, -0.15) is 0 Å². The monoisotopic (exact) mass is 581 g/mol. The Balaban J connectivity index is 2.07. The lowest BCUT2D eigenvalue weighted by atomic mass is 10.1. The van der Waals surface area contributed by atoms with Gasteiger partial charge in [-0.05, 0) is 51.1 Å². The summed E-state index contributed by atoms with van der Waals surface area (Å²) in [5.74, 6) is -0.931. The normalized spacial score (nSPS) is 11.6. The molecule has 0 amide bonds. The van der Waals surface area contributed by atoms with Gasteiger partial charge in [0.2, 0.25) is 11.6 Å². The number of nitrogens with zero attached hydrogens (tertiary/aromatic N) is 5. The first kappa shape index (κ1) is 28.8. The molecule has 4 rings (SSSR count). The number of para-hydroxylation sites is 2. The van der Waals surface area contributed by atoms with Crippen LogP contribution < -0.4 is 13.8 Å². The lowest BCUT2D eigenvalue weighted by molar-refractivity contribution is -0.133. The molecule has 13 heteroatoms. The van der Waals surface area contributed by atoms with Gasteiger partial charge in [-0.3, -0.25) is 4.79 Å². The van der Waals surface area contributed by atoms with Gasteiger partial charge in [-0.15, -0.1) is 0 Å². The number of hydrogen-bond donors (Lipinski definition) is 1. The van der Waals surface area contributed by atoms with E-state index >= 15 is 0 Å². The third-order valence-corrected chi connectivity index (χ3v) is 8.29. The molecule has 2 aromatic carbocycles. The molecule has 0 radical (unpaired) electrons. The van der Waals surface area contributed by atoms with Crippen LogP contribution in [0, 0.1) is 0 Å². The van der Waals surface area contributed by atoms with Gasteiger partial charge in [0, 0.05) is 17.9 Å². The molecule has 11 nitrogen and oxygen atoms in total. The van der Waals surface area contributed by atoms with E-state index < -0.39 is 21.5 Å². The summed E-state index contributed by atoms with van der Waals surface area (Å²) in [6, 6.07) is 16.3. The van der Waals surface area contributed by atoms with Crippen LogP contribution >= 0.6 is 11.8 Å². The van der Waals surface area contributed by atoms with Crippen LogP contribution in [0.5, 0.6) is 17.2 Å². The van der Waals surface area contributed by atoms with E-state index in [9.17, 15) is 18.3 Å². The zero-order valence-corrected chi connectivity index (χ0v) is 23.8. The molecule has 0 unspecified atom stereocenters. The van der Waals surface area contributed by atoms with Gasteiger partial charge < -0.3 is 14.6 Å². The highest BCUT2D eigenvalue weighted by molar-refractivity contribution is 8.00. The molecule has 0 spiro atoms. The number of rotatable bonds is 10. The number of ether oxygens (including phenoxy) is 2. The molecule has 0 atom stereocenters. The second kappa shape index (κ2) is 11.9. The third kappa shape index (κ3) is 6.32. The molecular formula is C27H27N5O6S2. The van der Waals surface area contributed by atoms with Crippen molar-refractivity contribution in [2.45, 2.75) is 36.2 Å². The van der Waals surface area contributed by atoms with Crippen LogP contribution in [0.15, 0.2) is 83.0 Å². The number of aromatic nitrogens is 4. The van der Waals surface area contributed by atoms with Crippen LogP contribution in [0.2, 0.25) is 0 Å². The van der Waals surface area contributed by atoms with Gasteiger partial charge in [-0.25, -0.2) is 32.7 Å². The molecule has 0 bridgehead atoms. The fourth-order valence-corrected chi connectivity index (χ4v) is 6.15. The highest BCUT2D eigenvalue weighted by Crippen LogP contribution is 2.45. The fourth-order valence-electron chi connectivity index (χ4n) is 3.69. The second-order valence-corrected chi connectivity index (χ2v) is 12.0. The average Bonchev–Trinajstić information content (AvgIpc) is 2.93. The smallest absolute Gasteiger partial charge is 0.313 e. The molecule has 40 heavy (non-hydrogen) atoms. The molecule has 0 fully saturated rings. The van der Waals surface area contributed by atoms with Crippen molar-refractivity contribution in [3.63, 3.8) is 0 Å². The van der Waals surface area contributed by atoms with Crippen molar-refractivity contribution >= 4 is 33.6 Å². The topological polar surface area (TPSA) is 145 Å². The maximum absolute atomic E-state index is 14.2. The van der Waals surface area contributed by atoms with Crippen LogP contribution in [-0.2, 0) is 14.8 Å². The highest BCUT2D eigenvalue weighted by Gasteiger charge is 2.39. The number of aliphatic carboxylic acids is 1. The van der Waals surface area contributed by atoms with Crippen molar-refractivity contribution in [2.75, 3.05) is 17.2 Å². The Morgan fingerprint density at radius 3 is 2.15 bits per heavy atom. The molecule has 2 heterocycles. The molecular weight excluding hydrogens is 554 g/mol. The quantitative estimate of drug-likeness (QED) is 0.201. The van der Waals surface area contributed by atoms with E-state index in [2.05, 4.69) is 19.9 Å². The zero-order chi connectivity index (χ0) is 28.9. The number of carboxylic acid groups (broad SMARTS) is 1. The molecule has 0 aliphatic heterocycles. The van der Waals surface area contributed by atoms with Gasteiger partial charge in [0.1, 0.15) is 5.03 Å². The van der Waals surface area contributed by atoms with Crippen molar-refractivity contribution in [3.05, 3.63) is 73.1 Å². The first-order valence-electron chi connectivity index (χ1n) is 12.0. The molecule has 2 aromatic heterocycles. The Labute approximate surface area is 236 Å². The van der Waals surface area contributed by atoms with Gasteiger partial charge >= 0.3 is 5.97 Å². The number of methoxy groups -OCH3 is 1. The summed E-state index contributed by atoms with van der Waals surface area (Å²) in [6.45, 7) is 5.14. The minimum Gasteiger partial charge on any atom is -0.493 e. The molecule has 4 aromatic rings. The zero-order valence-electron chi connectivity index (χ0n) is 22.2. The van der Waals surface area contributed by atoms with E-state index in [0.717, 1.165) is 16.1 Å². The largest absolute Gasteiger partial charge is 0.493 e. The fraction of sp³-hybridized carbons (Fsp3) is 0.222. The number of sulfonamides is 1. The SMILES string of the molecule is COc1ccccc1Oc1c(SCC(=O)O)nc(-c2ncccn2)nc1N(C(C)(C)C)S(=O)(=O)c1ccccc1. The highest BCUT2D eigenvalue weighted by atomic mass is 32.2. The molecule has 0 aliphatic rings. The van der Waals surface area contributed by atoms with Crippen molar-refractivity contribution in [1.29, 1.82) is 0 Å². The van der Waals surface area contributed by atoms with Crippen LogP contribution in [-0.4, -0.2) is 57.8 Å². The summed E-state index contributed by atoms with van der Waals surface area (Å²) in [6.07, 6.45) is 2.99. The maximum atomic E-state index is 14.2. The third-order valence-electron chi connectivity index (χ3n) is 5.28. The van der Waals surface area contributed by atoms with Crippen molar-refractivity contribution < 1.29 is 27.8 Å². The standard InChI is InChI=1S/C27H27N5O6S2/c1-27(2,3)32(40(35,36)18-11-6-5-7-12-18)25-22(38-20-14-9-8-13-19(20)37-4)26(39-17-21(33)34)31-24(30-25)23-28-15-10-16-29-23/h5-16H,17H2,1-4H3,(H,33,34). The van der Waals surface area contributed by atoms with Crippen LogP contribution in [0.3, 0.4) is 0 Å². The lowest BCUT2D eigenvalue weighted by Crippen LogP contribution is -2.46. The van der Waals surface area contributed by atoms with Crippen LogP contribution in [0.4, 0.5) is 5.82 Å². The number of carbonyl (C=O) groups is 1. The number of benzene rings is 2. The molecule has 0 saturated carbocycles. The second-order valence-electron chi connectivity index (χ2n) is 9.27. The van der Waals surface area contributed by atoms with Crippen molar-refractivity contribution in [3.8, 4) is 28.9 Å². The molecule has 0 saturated heterocycles. The van der Waals surface area contributed by atoms with Gasteiger partial charge in [-0.1, -0.05) is 42.1 Å². The predicted molar refractivity (Wildman–Crippen MR) is 150 cm³/mol. The Hall–Kier alpha value is -4.23. The van der Waals surface area contributed by atoms with E-state index in [1.807, 2.05) is 0 Å². The number of thioether (sulfide) groups is 1. The number of carboxylic acids is 1.